The maximum Gasteiger partial charge on any atom is 0.0280 e. The minimum atomic E-state index is -2.11. The number of alkyl halides is 1. The van der Waals surface area contributed by atoms with Gasteiger partial charge in [-0.25, -0.2) is 0 Å². The van der Waals surface area contributed by atoms with Gasteiger partial charge in [-0.15, -0.1) is 0 Å². The molecule has 0 bridgehead atoms. The molecule has 1 atom stereocenters. The van der Waals surface area contributed by atoms with Crippen molar-refractivity contribution in [2.45, 2.75) is 17.7 Å². The van der Waals surface area contributed by atoms with Crippen LogP contribution in [0.1, 0.15) is 12.0 Å². The van der Waals surface area contributed by atoms with Crippen molar-refractivity contribution in [3.05, 3.63) is 29.8 Å². The van der Waals surface area contributed by atoms with E-state index in [1.807, 2.05) is 12.1 Å². The second-order valence-electron chi connectivity index (χ2n) is 2.63. The van der Waals surface area contributed by atoms with Crippen LogP contribution in [-0.4, -0.2) is 14.1 Å². The average molecular weight is 262 g/mol. The van der Waals surface area contributed by atoms with Crippen LogP contribution >= 0.6 is 15.9 Å². The summed E-state index contributed by atoms with van der Waals surface area (Å²) in [7, 11) is 0. The van der Waals surface area contributed by atoms with Crippen LogP contribution in [0.5, 0.6) is 0 Å². The molecule has 1 rings (SSSR count). The van der Waals surface area contributed by atoms with Crippen molar-refractivity contribution < 1.29 is 8.76 Å². The molecule has 0 amide bonds. The van der Waals surface area contributed by atoms with Gasteiger partial charge in [0, 0.05) is 10.2 Å². The number of rotatable bonds is 4. The summed E-state index contributed by atoms with van der Waals surface area (Å²) in [6, 6.07) is 7.09. The highest BCUT2D eigenvalue weighted by atomic mass is 79.9. The fourth-order valence-electron chi connectivity index (χ4n) is 1.13. The molecule has 1 unspecified atom stereocenters. The Hall–Kier alpha value is -0.190. The summed E-state index contributed by atoms with van der Waals surface area (Å²) in [6.07, 6.45) is 1.75. The standard InChI is InChI=1S/C9H11BrO2S/c10-7-3-5-8-4-1-2-6-9(8)13(11)12/h1-2,4,6H,3,5,7H2,(H,11,12)/p-1. The molecule has 0 saturated heterocycles. The highest BCUT2D eigenvalue weighted by Gasteiger charge is 2.00. The first-order valence-corrected chi connectivity index (χ1v) is 6.18. The van der Waals surface area contributed by atoms with Crippen LogP contribution in [-0.2, 0) is 17.5 Å². The molecule has 0 fully saturated rings. The van der Waals surface area contributed by atoms with Gasteiger partial charge in [0.25, 0.3) is 0 Å². The zero-order chi connectivity index (χ0) is 9.68. The van der Waals surface area contributed by atoms with E-state index in [1.54, 1.807) is 12.1 Å². The topological polar surface area (TPSA) is 40.1 Å². The van der Waals surface area contributed by atoms with Crippen LogP contribution in [0.25, 0.3) is 0 Å². The van der Waals surface area contributed by atoms with Crippen LogP contribution in [0.3, 0.4) is 0 Å². The molecule has 0 spiro atoms. The highest BCUT2D eigenvalue weighted by Crippen LogP contribution is 2.14. The van der Waals surface area contributed by atoms with Gasteiger partial charge in [-0.2, -0.15) is 0 Å². The summed E-state index contributed by atoms with van der Waals surface area (Å²) < 4.78 is 21.5. The maximum absolute atomic E-state index is 10.8. The minimum Gasteiger partial charge on any atom is -0.768 e. The Morgan fingerprint density at radius 3 is 2.69 bits per heavy atom. The van der Waals surface area contributed by atoms with Crippen molar-refractivity contribution in [1.82, 2.24) is 0 Å². The molecular formula is C9H10BrO2S-. The molecule has 0 heterocycles. The molecule has 1 aromatic rings. The van der Waals surface area contributed by atoms with Crippen molar-refractivity contribution in [3.63, 3.8) is 0 Å². The van der Waals surface area contributed by atoms with E-state index < -0.39 is 11.1 Å². The van der Waals surface area contributed by atoms with Gasteiger partial charge < -0.3 is 4.55 Å². The maximum atomic E-state index is 10.8. The summed E-state index contributed by atoms with van der Waals surface area (Å²) in [6.45, 7) is 0. The van der Waals surface area contributed by atoms with E-state index >= 15 is 0 Å². The van der Waals surface area contributed by atoms with Gasteiger partial charge in [0.15, 0.2) is 0 Å². The second kappa shape index (κ2) is 5.52. The van der Waals surface area contributed by atoms with Crippen LogP contribution in [0, 0.1) is 0 Å². The quantitative estimate of drug-likeness (QED) is 0.616. The summed E-state index contributed by atoms with van der Waals surface area (Å²) in [5.41, 5.74) is 0.898. The van der Waals surface area contributed by atoms with Gasteiger partial charge >= 0.3 is 0 Å². The molecule has 0 N–H and O–H groups in total. The van der Waals surface area contributed by atoms with E-state index in [9.17, 15) is 8.76 Å². The van der Waals surface area contributed by atoms with E-state index in [2.05, 4.69) is 15.9 Å². The molecule has 0 radical (unpaired) electrons. The number of halogens is 1. The van der Waals surface area contributed by atoms with Crippen LogP contribution in [0.2, 0.25) is 0 Å². The molecular weight excluding hydrogens is 252 g/mol. The third-order valence-electron chi connectivity index (χ3n) is 1.73. The Morgan fingerprint density at radius 1 is 1.38 bits per heavy atom. The van der Waals surface area contributed by atoms with Crippen molar-refractivity contribution >= 4 is 27.0 Å². The molecule has 0 aliphatic heterocycles. The van der Waals surface area contributed by atoms with Gasteiger partial charge in [0.05, 0.1) is 0 Å². The minimum absolute atomic E-state index is 0.420. The molecule has 0 aromatic heterocycles. The lowest BCUT2D eigenvalue weighted by Gasteiger charge is -2.10. The lowest BCUT2D eigenvalue weighted by Crippen LogP contribution is -1.96. The number of aryl methyl sites for hydroxylation is 1. The Bertz CT molecular complexity index is 301. The fraction of sp³-hybridized carbons (Fsp3) is 0.333. The third kappa shape index (κ3) is 3.21. The number of hydrogen-bond acceptors (Lipinski definition) is 2. The number of hydrogen-bond donors (Lipinski definition) is 0. The van der Waals surface area contributed by atoms with Gasteiger partial charge in [-0.1, -0.05) is 34.1 Å². The molecule has 1 aromatic carbocycles. The third-order valence-corrected chi connectivity index (χ3v) is 3.05. The van der Waals surface area contributed by atoms with Crippen LogP contribution in [0.4, 0.5) is 0 Å². The van der Waals surface area contributed by atoms with Crippen molar-refractivity contribution in [2.75, 3.05) is 5.33 Å². The van der Waals surface area contributed by atoms with Crippen molar-refractivity contribution in [1.29, 1.82) is 0 Å². The van der Waals surface area contributed by atoms with E-state index in [4.69, 9.17) is 0 Å². The molecule has 72 valence electrons. The van der Waals surface area contributed by atoms with Crippen LogP contribution < -0.4 is 0 Å². The molecule has 0 aliphatic carbocycles. The molecule has 2 nitrogen and oxygen atoms in total. The predicted molar refractivity (Wildman–Crippen MR) is 55.7 cm³/mol. The van der Waals surface area contributed by atoms with E-state index in [0.29, 0.717) is 4.90 Å². The second-order valence-corrected chi connectivity index (χ2v) is 4.34. The van der Waals surface area contributed by atoms with E-state index in [0.717, 1.165) is 23.7 Å². The van der Waals surface area contributed by atoms with E-state index in [-0.39, 0.29) is 0 Å². The summed E-state index contributed by atoms with van der Waals surface area (Å²) >= 11 is 1.21. The summed E-state index contributed by atoms with van der Waals surface area (Å²) in [4.78, 5) is 0.420. The Labute approximate surface area is 88.8 Å². The van der Waals surface area contributed by atoms with Crippen LogP contribution in [0.15, 0.2) is 29.2 Å². The highest BCUT2D eigenvalue weighted by molar-refractivity contribution is 9.09. The van der Waals surface area contributed by atoms with Crippen molar-refractivity contribution in [2.24, 2.45) is 0 Å². The Balaban J connectivity index is 2.84. The van der Waals surface area contributed by atoms with E-state index in [1.165, 1.54) is 0 Å². The zero-order valence-corrected chi connectivity index (χ0v) is 9.44. The van der Waals surface area contributed by atoms with Gasteiger partial charge in [0.1, 0.15) is 0 Å². The van der Waals surface area contributed by atoms with Gasteiger partial charge in [-0.3, -0.25) is 4.21 Å². The smallest absolute Gasteiger partial charge is 0.0280 e. The molecule has 4 heteroatoms. The summed E-state index contributed by atoms with van der Waals surface area (Å²) in [5, 5.41) is 0.896. The fourth-order valence-corrected chi connectivity index (χ4v) is 1.98. The van der Waals surface area contributed by atoms with Crippen molar-refractivity contribution in [3.8, 4) is 0 Å². The normalized spacial score (nSPS) is 12.8. The first-order chi connectivity index (χ1) is 6.25. The first kappa shape index (κ1) is 10.9. The molecule has 0 aliphatic rings. The SMILES string of the molecule is O=S([O-])c1ccccc1CCCBr. The molecule has 0 saturated carbocycles. The van der Waals surface area contributed by atoms with Gasteiger partial charge in [-0.05, 0) is 35.6 Å². The first-order valence-electron chi connectivity index (χ1n) is 3.99. The largest absolute Gasteiger partial charge is 0.768 e. The predicted octanol–water partition coefficient (Wildman–Crippen LogP) is 2.25. The summed E-state index contributed by atoms with van der Waals surface area (Å²) in [5.74, 6) is 0. The Kier molecular flexibility index (Phi) is 4.62. The monoisotopic (exact) mass is 261 g/mol. The number of benzene rings is 1. The average Bonchev–Trinajstić information content (AvgIpc) is 2.15. The zero-order valence-electron chi connectivity index (χ0n) is 7.03. The lowest BCUT2D eigenvalue weighted by molar-refractivity contribution is 0.536. The molecule has 13 heavy (non-hydrogen) atoms. The Morgan fingerprint density at radius 2 is 2.08 bits per heavy atom. The van der Waals surface area contributed by atoms with Gasteiger partial charge in [0.2, 0.25) is 0 Å². The lowest BCUT2D eigenvalue weighted by atomic mass is 10.1.